The largest absolute Gasteiger partial charge is 0.459 e. The van der Waals surface area contributed by atoms with Crippen LogP contribution in [-0.4, -0.2) is 31.2 Å². The number of halogens is 4. The number of carbonyl (C=O) groups excluding carboxylic acids is 1. The van der Waals surface area contributed by atoms with Crippen molar-refractivity contribution in [3.63, 3.8) is 0 Å². The van der Waals surface area contributed by atoms with Gasteiger partial charge in [-0.2, -0.15) is 17.5 Å². The predicted octanol–water partition coefficient (Wildman–Crippen LogP) is 5.31. The van der Waals surface area contributed by atoms with Gasteiger partial charge in [0.15, 0.2) is 0 Å². The van der Waals surface area contributed by atoms with Gasteiger partial charge in [-0.05, 0) is 50.1 Å². The summed E-state index contributed by atoms with van der Waals surface area (Å²) in [6.45, 7) is 4.59. The van der Waals surface area contributed by atoms with Crippen LogP contribution in [0.1, 0.15) is 31.9 Å². The molecule has 0 heterocycles. The predicted molar refractivity (Wildman–Crippen MR) is 109 cm³/mol. The van der Waals surface area contributed by atoms with Gasteiger partial charge in [-0.3, -0.25) is 9.35 Å². The Morgan fingerprint density at radius 1 is 1.13 bits per heavy atom. The molecule has 0 spiro atoms. The van der Waals surface area contributed by atoms with Crippen molar-refractivity contribution in [2.24, 2.45) is 0 Å². The summed E-state index contributed by atoms with van der Waals surface area (Å²) >= 11 is 3.85. The number of hydrogen-bond acceptors (Lipinski definition) is 3. The summed E-state index contributed by atoms with van der Waals surface area (Å²) in [4.78, 5) is 12.0. The van der Waals surface area contributed by atoms with Crippen molar-refractivity contribution in [2.45, 2.75) is 39.1 Å². The van der Waals surface area contributed by atoms with E-state index in [9.17, 15) is 26.7 Å². The van der Waals surface area contributed by atoms with E-state index in [2.05, 4.69) is 0 Å². The fraction of sp³-hybridized carbons (Fsp3) is 0.350. The van der Waals surface area contributed by atoms with Crippen LogP contribution in [0.15, 0.2) is 42.5 Å². The maximum atomic E-state index is 12.7. The Morgan fingerprint density at radius 3 is 2.20 bits per heavy atom. The van der Waals surface area contributed by atoms with E-state index in [-0.39, 0.29) is 11.6 Å². The van der Waals surface area contributed by atoms with E-state index >= 15 is 0 Å². The van der Waals surface area contributed by atoms with Crippen molar-refractivity contribution in [2.75, 3.05) is 6.54 Å². The summed E-state index contributed by atoms with van der Waals surface area (Å²) in [6.07, 6.45) is -4.43. The molecule has 0 aliphatic heterocycles. The lowest BCUT2D eigenvalue weighted by Crippen LogP contribution is -2.35. The molecular weight excluding hydrogens is 443 g/mol. The van der Waals surface area contributed by atoms with Crippen molar-refractivity contribution in [1.82, 2.24) is 4.31 Å². The normalized spacial score (nSPS) is 13.4. The summed E-state index contributed by atoms with van der Waals surface area (Å²) in [5, 5.41) is 0.258. The third-order valence-corrected chi connectivity index (χ3v) is 4.87. The van der Waals surface area contributed by atoms with Gasteiger partial charge in [0.2, 0.25) is 11.3 Å². The number of rotatable bonds is 6. The minimum absolute atomic E-state index is 0.0602. The molecule has 30 heavy (non-hydrogen) atoms. The van der Waals surface area contributed by atoms with E-state index in [0.717, 1.165) is 16.4 Å². The van der Waals surface area contributed by atoms with Crippen molar-refractivity contribution < 1.29 is 31.5 Å². The summed E-state index contributed by atoms with van der Waals surface area (Å²) in [6, 6.07) is 9.33. The Kier molecular flexibility index (Phi) is 7.68. The molecule has 164 valence electrons. The van der Waals surface area contributed by atoms with Gasteiger partial charge in [-0.25, -0.2) is 4.21 Å². The third kappa shape index (κ3) is 7.09. The number of esters is 1. The lowest BCUT2D eigenvalue weighted by Gasteiger charge is -2.22. The van der Waals surface area contributed by atoms with E-state index < -0.39 is 41.1 Å². The molecule has 10 heteroatoms. The minimum Gasteiger partial charge on any atom is -0.459 e. The standard InChI is InChI=1S/C20H21ClF3NO4S/c1-19(2,3)29-18(26)12-25(30(27)28)11-13-4-9-16(17(21)10-13)14-5-7-15(8-6-14)20(22,23)24/h4-10H,11-12H2,1-3H3,(H,27,28). The van der Waals surface area contributed by atoms with Crippen LogP contribution in [-0.2, 0) is 33.5 Å². The highest BCUT2D eigenvalue weighted by molar-refractivity contribution is 7.76. The molecular formula is C20H21ClF3NO4S. The first-order valence-electron chi connectivity index (χ1n) is 8.80. The molecule has 0 amide bonds. The number of nitrogens with zero attached hydrogens (tertiary/aromatic N) is 1. The molecule has 0 aliphatic rings. The summed E-state index contributed by atoms with van der Waals surface area (Å²) in [5.41, 5.74) is 0.0597. The first kappa shape index (κ1) is 24.3. The van der Waals surface area contributed by atoms with Crippen molar-refractivity contribution in [3.05, 3.63) is 58.6 Å². The maximum absolute atomic E-state index is 12.7. The first-order chi connectivity index (χ1) is 13.8. The van der Waals surface area contributed by atoms with Crippen LogP contribution in [0.5, 0.6) is 0 Å². The van der Waals surface area contributed by atoms with Crippen LogP contribution in [0.2, 0.25) is 5.02 Å². The summed E-state index contributed by atoms with van der Waals surface area (Å²) in [5.74, 6) is -0.655. The number of alkyl halides is 3. The molecule has 0 bridgehead atoms. The zero-order valence-corrected chi connectivity index (χ0v) is 18.1. The van der Waals surface area contributed by atoms with Gasteiger partial charge in [-0.1, -0.05) is 35.9 Å². The number of carbonyl (C=O) groups is 1. The Balaban J connectivity index is 2.17. The first-order valence-corrected chi connectivity index (χ1v) is 10.2. The van der Waals surface area contributed by atoms with Gasteiger partial charge in [-0.15, -0.1) is 0 Å². The topological polar surface area (TPSA) is 66.8 Å². The van der Waals surface area contributed by atoms with Crippen LogP contribution < -0.4 is 0 Å². The monoisotopic (exact) mass is 463 g/mol. The molecule has 0 saturated carbocycles. The highest BCUT2D eigenvalue weighted by Gasteiger charge is 2.30. The average molecular weight is 464 g/mol. The van der Waals surface area contributed by atoms with Crippen molar-refractivity contribution in [1.29, 1.82) is 0 Å². The Morgan fingerprint density at radius 2 is 1.73 bits per heavy atom. The van der Waals surface area contributed by atoms with E-state index in [1.165, 1.54) is 18.2 Å². The molecule has 0 saturated heterocycles. The lowest BCUT2D eigenvalue weighted by atomic mass is 10.0. The summed E-state index contributed by atoms with van der Waals surface area (Å²) in [7, 11) is 0. The number of ether oxygens (including phenoxy) is 1. The molecule has 0 radical (unpaired) electrons. The van der Waals surface area contributed by atoms with E-state index in [1.807, 2.05) is 0 Å². The van der Waals surface area contributed by atoms with Crippen LogP contribution in [0.3, 0.4) is 0 Å². The highest BCUT2D eigenvalue weighted by Crippen LogP contribution is 2.33. The SMILES string of the molecule is CC(C)(C)OC(=O)CN(Cc1ccc(-c2ccc(C(F)(F)F)cc2)c(Cl)c1)S(=O)O. The number of benzene rings is 2. The second kappa shape index (κ2) is 9.47. The molecule has 1 N–H and O–H groups in total. The summed E-state index contributed by atoms with van der Waals surface area (Å²) < 4.78 is 65.4. The molecule has 2 aromatic carbocycles. The second-order valence-corrected chi connectivity index (χ2v) is 8.89. The molecule has 5 nitrogen and oxygen atoms in total. The van der Waals surface area contributed by atoms with Gasteiger partial charge in [0.05, 0.1) is 5.56 Å². The minimum atomic E-state index is -4.43. The Labute approximate surface area is 180 Å². The second-order valence-electron chi connectivity index (χ2n) is 7.50. The molecule has 0 aliphatic carbocycles. The van der Waals surface area contributed by atoms with Gasteiger partial charge >= 0.3 is 12.1 Å². The number of hydrogen-bond donors (Lipinski definition) is 1. The lowest BCUT2D eigenvalue weighted by molar-refractivity contribution is -0.155. The van der Waals surface area contributed by atoms with Crippen LogP contribution >= 0.6 is 11.6 Å². The maximum Gasteiger partial charge on any atom is 0.416 e. The van der Waals surface area contributed by atoms with Crippen LogP contribution in [0.25, 0.3) is 11.1 Å². The molecule has 0 aromatic heterocycles. The van der Waals surface area contributed by atoms with E-state index in [4.69, 9.17) is 16.3 Å². The van der Waals surface area contributed by atoms with Crippen molar-refractivity contribution in [3.8, 4) is 11.1 Å². The van der Waals surface area contributed by atoms with Crippen molar-refractivity contribution >= 4 is 28.8 Å². The zero-order chi connectivity index (χ0) is 22.7. The Hall–Kier alpha value is -1.94. The Bertz CT molecular complexity index is 927. The van der Waals surface area contributed by atoms with Crippen LogP contribution in [0.4, 0.5) is 13.2 Å². The highest BCUT2D eigenvalue weighted by atomic mass is 35.5. The fourth-order valence-corrected chi connectivity index (χ4v) is 3.41. The average Bonchev–Trinajstić information content (AvgIpc) is 2.59. The van der Waals surface area contributed by atoms with Crippen LogP contribution in [0, 0.1) is 0 Å². The molecule has 2 aromatic rings. The van der Waals surface area contributed by atoms with E-state index in [1.54, 1.807) is 32.9 Å². The van der Waals surface area contributed by atoms with Gasteiger partial charge in [0.1, 0.15) is 12.1 Å². The van der Waals surface area contributed by atoms with Gasteiger partial charge in [0, 0.05) is 17.1 Å². The molecule has 0 fully saturated rings. The fourth-order valence-electron chi connectivity index (χ4n) is 2.62. The molecule has 1 atom stereocenters. The third-order valence-electron chi connectivity index (χ3n) is 3.86. The molecule has 2 rings (SSSR count). The molecule has 1 unspecified atom stereocenters. The smallest absolute Gasteiger partial charge is 0.416 e. The quantitative estimate of drug-likeness (QED) is 0.466. The zero-order valence-electron chi connectivity index (χ0n) is 16.5. The van der Waals surface area contributed by atoms with Gasteiger partial charge < -0.3 is 4.74 Å². The van der Waals surface area contributed by atoms with E-state index in [0.29, 0.717) is 16.7 Å². The van der Waals surface area contributed by atoms with Gasteiger partial charge in [0.25, 0.3) is 0 Å².